The van der Waals surface area contributed by atoms with Crippen molar-refractivity contribution < 1.29 is 4.74 Å². The van der Waals surface area contributed by atoms with Crippen LogP contribution in [-0.4, -0.2) is 24.2 Å². The molecule has 3 heteroatoms. The molecule has 1 aromatic heterocycles. The van der Waals surface area contributed by atoms with E-state index in [1.54, 1.807) is 0 Å². The second-order valence-electron chi connectivity index (χ2n) is 3.90. The van der Waals surface area contributed by atoms with E-state index < -0.39 is 0 Å². The SMILES string of the molecule is Cc1ccncc1CNCCOC(C)C. The fraction of sp³-hybridized carbons (Fsp3) is 0.583. The van der Waals surface area contributed by atoms with Crippen molar-refractivity contribution in [2.45, 2.75) is 33.4 Å². The molecule has 0 spiro atoms. The molecule has 0 radical (unpaired) electrons. The Hall–Kier alpha value is -0.930. The summed E-state index contributed by atoms with van der Waals surface area (Å²) < 4.78 is 5.43. The number of rotatable bonds is 6. The molecule has 0 saturated carbocycles. The molecular formula is C12H20N2O. The first kappa shape index (κ1) is 12.1. The molecule has 0 bridgehead atoms. The normalized spacial score (nSPS) is 10.9. The first-order valence-corrected chi connectivity index (χ1v) is 5.42. The third-order valence-electron chi connectivity index (χ3n) is 2.19. The van der Waals surface area contributed by atoms with Crippen LogP contribution in [0.15, 0.2) is 18.5 Å². The topological polar surface area (TPSA) is 34.2 Å². The van der Waals surface area contributed by atoms with Crippen LogP contribution in [0.3, 0.4) is 0 Å². The highest BCUT2D eigenvalue weighted by Gasteiger charge is 1.97. The van der Waals surface area contributed by atoms with E-state index in [1.165, 1.54) is 11.1 Å². The Morgan fingerprint density at radius 1 is 1.47 bits per heavy atom. The summed E-state index contributed by atoms with van der Waals surface area (Å²) in [6.45, 7) is 8.70. The Bertz CT molecular complexity index is 287. The van der Waals surface area contributed by atoms with E-state index in [1.807, 2.05) is 32.3 Å². The van der Waals surface area contributed by atoms with E-state index in [9.17, 15) is 0 Å². The molecule has 1 N–H and O–H groups in total. The first-order chi connectivity index (χ1) is 7.20. The van der Waals surface area contributed by atoms with Crippen LogP contribution >= 0.6 is 0 Å². The van der Waals surface area contributed by atoms with Gasteiger partial charge >= 0.3 is 0 Å². The Labute approximate surface area is 91.9 Å². The van der Waals surface area contributed by atoms with Crippen LogP contribution in [-0.2, 0) is 11.3 Å². The van der Waals surface area contributed by atoms with Gasteiger partial charge in [-0.05, 0) is 38.0 Å². The molecule has 0 fully saturated rings. The minimum absolute atomic E-state index is 0.312. The number of ether oxygens (including phenoxy) is 1. The van der Waals surface area contributed by atoms with Crippen molar-refractivity contribution in [1.82, 2.24) is 10.3 Å². The van der Waals surface area contributed by atoms with Crippen molar-refractivity contribution in [3.63, 3.8) is 0 Å². The molecule has 0 atom stereocenters. The summed E-state index contributed by atoms with van der Waals surface area (Å²) in [5, 5.41) is 3.33. The molecule has 0 saturated heterocycles. The molecule has 0 aliphatic heterocycles. The van der Waals surface area contributed by atoms with E-state index >= 15 is 0 Å². The van der Waals surface area contributed by atoms with Gasteiger partial charge in [0.25, 0.3) is 0 Å². The van der Waals surface area contributed by atoms with Gasteiger partial charge in [0, 0.05) is 25.5 Å². The maximum atomic E-state index is 5.43. The second kappa shape index (κ2) is 6.53. The van der Waals surface area contributed by atoms with Gasteiger partial charge in [0.15, 0.2) is 0 Å². The zero-order valence-corrected chi connectivity index (χ0v) is 9.79. The standard InChI is InChI=1S/C12H20N2O/c1-10(2)15-7-6-14-9-12-8-13-5-4-11(12)3/h4-5,8,10,14H,6-7,9H2,1-3H3. The number of aromatic nitrogens is 1. The van der Waals surface area contributed by atoms with Gasteiger partial charge in [-0.25, -0.2) is 0 Å². The van der Waals surface area contributed by atoms with E-state index in [0.717, 1.165) is 19.7 Å². The highest BCUT2D eigenvalue weighted by molar-refractivity contribution is 5.20. The Balaban J connectivity index is 2.18. The van der Waals surface area contributed by atoms with E-state index in [4.69, 9.17) is 4.74 Å². The highest BCUT2D eigenvalue weighted by Crippen LogP contribution is 2.03. The summed E-state index contributed by atoms with van der Waals surface area (Å²) in [5.74, 6) is 0. The smallest absolute Gasteiger partial charge is 0.0594 e. The monoisotopic (exact) mass is 208 g/mol. The lowest BCUT2D eigenvalue weighted by Crippen LogP contribution is -2.21. The molecule has 1 heterocycles. The van der Waals surface area contributed by atoms with Crippen molar-refractivity contribution in [3.05, 3.63) is 29.6 Å². The number of aryl methyl sites for hydroxylation is 1. The molecule has 0 aromatic carbocycles. The van der Waals surface area contributed by atoms with Gasteiger partial charge in [-0.2, -0.15) is 0 Å². The lowest BCUT2D eigenvalue weighted by molar-refractivity contribution is 0.0807. The van der Waals surface area contributed by atoms with E-state index in [-0.39, 0.29) is 0 Å². The Morgan fingerprint density at radius 2 is 2.27 bits per heavy atom. The van der Waals surface area contributed by atoms with E-state index in [2.05, 4.69) is 17.2 Å². The molecule has 0 amide bonds. The minimum Gasteiger partial charge on any atom is -0.377 e. The third-order valence-corrected chi connectivity index (χ3v) is 2.19. The number of hydrogen-bond donors (Lipinski definition) is 1. The minimum atomic E-state index is 0.312. The maximum Gasteiger partial charge on any atom is 0.0594 e. The molecule has 3 nitrogen and oxygen atoms in total. The predicted octanol–water partition coefficient (Wildman–Crippen LogP) is 1.90. The number of pyridine rings is 1. The van der Waals surface area contributed by atoms with Crippen LogP contribution in [0, 0.1) is 6.92 Å². The van der Waals surface area contributed by atoms with Gasteiger partial charge in [-0.1, -0.05) is 0 Å². The van der Waals surface area contributed by atoms with Crippen LogP contribution in [0.1, 0.15) is 25.0 Å². The molecule has 84 valence electrons. The molecular weight excluding hydrogens is 188 g/mol. The number of nitrogens with one attached hydrogen (secondary N) is 1. The zero-order chi connectivity index (χ0) is 11.1. The van der Waals surface area contributed by atoms with Crippen LogP contribution in [0.25, 0.3) is 0 Å². The van der Waals surface area contributed by atoms with Crippen molar-refractivity contribution in [1.29, 1.82) is 0 Å². The van der Waals surface area contributed by atoms with Crippen molar-refractivity contribution in [3.8, 4) is 0 Å². The van der Waals surface area contributed by atoms with Crippen LogP contribution < -0.4 is 5.32 Å². The second-order valence-corrected chi connectivity index (χ2v) is 3.90. The molecule has 0 unspecified atom stereocenters. The summed E-state index contributed by atoms with van der Waals surface area (Å²) in [5.41, 5.74) is 2.53. The van der Waals surface area contributed by atoms with Gasteiger partial charge in [0.05, 0.1) is 12.7 Å². The average molecular weight is 208 g/mol. The highest BCUT2D eigenvalue weighted by atomic mass is 16.5. The summed E-state index contributed by atoms with van der Waals surface area (Å²) in [6, 6.07) is 2.03. The summed E-state index contributed by atoms with van der Waals surface area (Å²) in [4.78, 5) is 4.10. The van der Waals surface area contributed by atoms with Crippen LogP contribution in [0.5, 0.6) is 0 Å². The maximum absolute atomic E-state index is 5.43. The fourth-order valence-electron chi connectivity index (χ4n) is 1.27. The Morgan fingerprint density at radius 3 is 2.93 bits per heavy atom. The van der Waals surface area contributed by atoms with Crippen molar-refractivity contribution in [2.75, 3.05) is 13.2 Å². The summed E-state index contributed by atoms with van der Waals surface area (Å²) >= 11 is 0. The average Bonchev–Trinajstić information content (AvgIpc) is 2.20. The molecule has 0 aliphatic carbocycles. The molecule has 1 rings (SSSR count). The number of hydrogen-bond acceptors (Lipinski definition) is 3. The van der Waals surface area contributed by atoms with Gasteiger partial charge in [0.2, 0.25) is 0 Å². The quantitative estimate of drug-likeness (QED) is 0.725. The molecule has 15 heavy (non-hydrogen) atoms. The Kier molecular flexibility index (Phi) is 5.29. The largest absolute Gasteiger partial charge is 0.377 e. The predicted molar refractivity (Wildman–Crippen MR) is 61.8 cm³/mol. The van der Waals surface area contributed by atoms with Crippen molar-refractivity contribution >= 4 is 0 Å². The lowest BCUT2D eigenvalue weighted by atomic mass is 10.2. The molecule has 1 aromatic rings. The fourth-order valence-corrected chi connectivity index (χ4v) is 1.27. The lowest BCUT2D eigenvalue weighted by Gasteiger charge is -2.09. The van der Waals surface area contributed by atoms with Crippen LogP contribution in [0.4, 0.5) is 0 Å². The van der Waals surface area contributed by atoms with Gasteiger partial charge in [-0.3, -0.25) is 4.98 Å². The van der Waals surface area contributed by atoms with Gasteiger partial charge in [-0.15, -0.1) is 0 Å². The van der Waals surface area contributed by atoms with Gasteiger partial charge in [0.1, 0.15) is 0 Å². The molecule has 0 aliphatic rings. The van der Waals surface area contributed by atoms with Crippen LogP contribution in [0.2, 0.25) is 0 Å². The summed E-state index contributed by atoms with van der Waals surface area (Å²) in [7, 11) is 0. The van der Waals surface area contributed by atoms with E-state index in [0.29, 0.717) is 6.10 Å². The van der Waals surface area contributed by atoms with Gasteiger partial charge < -0.3 is 10.1 Å². The first-order valence-electron chi connectivity index (χ1n) is 5.42. The van der Waals surface area contributed by atoms with Crippen molar-refractivity contribution in [2.24, 2.45) is 0 Å². The zero-order valence-electron chi connectivity index (χ0n) is 9.79. The summed E-state index contributed by atoms with van der Waals surface area (Å²) in [6.07, 6.45) is 4.04. The third kappa shape index (κ3) is 4.91. The number of nitrogens with zero attached hydrogens (tertiary/aromatic N) is 1.